The minimum absolute atomic E-state index is 0.191. The number of para-hydroxylation sites is 1. The van der Waals surface area contributed by atoms with Crippen molar-refractivity contribution in [3.63, 3.8) is 0 Å². The van der Waals surface area contributed by atoms with E-state index in [1.54, 1.807) is 34.9 Å². The van der Waals surface area contributed by atoms with Gasteiger partial charge >= 0.3 is 0 Å². The third-order valence-corrected chi connectivity index (χ3v) is 4.24. The summed E-state index contributed by atoms with van der Waals surface area (Å²) < 4.78 is 1.80. The maximum atomic E-state index is 12.8. The van der Waals surface area contributed by atoms with Crippen LogP contribution >= 0.6 is 0 Å². The topological polar surface area (TPSA) is 99.8 Å². The van der Waals surface area contributed by atoms with Gasteiger partial charge < -0.3 is 15.2 Å². The largest absolute Gasteiger partial charge is 0.347 e. The first kappa shape index (κ1) is 17.4. The van der Waals surface area contributed by atoms with Gasteiger partial charge in [-0.05, 0) is 31.4 Å². The van der Waals surface area contributed by atoms with Crippen molar-refractivity contribution in [1.82, 2.24) is 14.9 Å². The lowest BCUT2D eigenvalue weighted by atomic mass is 10.1. The molecule has 132 valence electrons. The minimum atomic E-state index is -0.432. The van der Waals surface area contributed by atoms with Crippen molar-refractivity contribution in [1.29, 1.82) is 5.26 Å². The number of rotatable bonds is 5. The lowest BCUT2D eigenvalue weighted by molar-refractivity contribution is 0.0952. The first-order chi connectivity index (χ1) is 12.7. The lowest BCUT2D eigenvalue weighted by Crippen LogP contribution is -2.25. The van der Waals surface area contributed by atoms with Gasteiger partial charge in [-0.3, -0.25) is 9.59 Å². The molecule has 0 unspecified atom stereocenters. The number of hydrogen-bond acceptors (Lipinski definition) is 4. The highest BCUT2D eigenvalue weighted by molar-refractivity contribution is 6.04. The molecule has 0 bridgehead atoms. The van der Waals surface area contributed by atoms with Crippen LogP contribution in [0.3, 0.4) is 0 Å². The van der Waals surface area contributed by atoms with Crippen molar-refractivity contribution < 1.29 is 9.59 Å². The van der Waals surface area contributed by atoms with Crippen LogP contribution in [-0.4, -0.2) is 27.9 Å². The van der Waals surface area contributed by atoms with Gasteiger partial charge in [-0.15, -0.1) is 6.58 Å². The Hall–Kier alpha value is -3.40. The predicted octanol–water partition coefficient (Wildman–Crippen LogP) is 2.26. The van der Waals surface area contributed by atoms with E-state index >= 15 is 0 Å². The van der Waals surface area contributed by atoms with Gasteiger partial charge in [-0.2, -0.15) is 5.26 Å². The summed E-state index contributed by atoms with van der Waals surface area (Å²) in [6.45, 7) is 4.55. The van der Waals surface area contributed by atoms with E-state index in [1.807, 2.05) is 6.07 Å². The number of benzene rings is 1. The molecule has 1 aliphatic heterocycles. The summed E-state index contributed by atoms with van der Waals surface area (Å²) in [6.07, 6.45) is 4.16. The van der Waals surface area contributed by atoms with Crippen LogP contribution in [-0.2, 0) is 13.0 Å². The third kappa shape index (κ3) is 3.35. The Kier molecular flexibility index (Phi) is 5.13. The van der Waals surface area contributed by atoms with Gasteiger partial charge in [-0.25, -0.2) is 4.98 Å². The van der Waals surface area contributed by atoms with E-state index in [-0.39, 0.29) is 17.4 Å². The van der Waals surface area contributed by atoms with Crippen molar-refractivity contribution in [2.75, 3.05) is 11.9 Å². The molecule has 0 saturated carbocycles. The Morgan fingerprint density at radius 3 is 2.88 bits per heavy atom. The SMILES string of the molecule is C=CCNC(=O)c1nc(C(=O)Nc2ccccc2C#N)n2c1CCCC2. The number of fused-ring (bicyclic) bond motifs is 1. The Bertz CT molecular complexity index is 907. The monoisotopic (exact) mass is 349 g/mol. The van der Waals surface area contributed by atoms with Crippen molar-refractivity contribution >= 4 is 17.5 Å². The van der Waals surface area contributed by atoms with E-state index in [0.717, 1.165) is 18.5 Å². The molecule has 2 heterocycles. The number of aromatic nitrogens is 2. The molecule has 0 spiro atoms. The van der Waals surface area contributed by atoms with Crippen molar-refractivity contribution in [3.8, 4) is 6.07 Å². The van der Waals surface area contributed by atoms with Crippen LogP contribution in [0.2, 0.25) is 0 Å². The zero-order valence-electron chi connectivity index (χ0n) is 14.3. The third-order valence-electron chi connectivity index (χ3n) is 4.24. The molecule has 1 aromatic carbocycles. The molecule has 2 N–H and O–H groups in total. The van der Waals surface area contributed by atoms with Gasteiger partial charge in [0.15, 0.2) is 5.82 Å². The summed E-state index contributed by atoms with van der Waals surface area (Å²) in [7, 11) is 0. The fourth-order valence-electron chi connectivity index (χ4n) is 3.01. The maximum Gasteiger partial charge on any atom is 0.291 e. The molecule has 7 heteroatoms. The first-order valence-electron chi connectivity index (χ1n) is 8.44. The lowest BCUT2D eigenvalue weighted by Gasteiger charge is -2.17. The number of hydrogen-bond donors (Lipinski definition) is 2. The Morgan fingerprint density at radius 2 is 2.12 bits per heavy atom. The van der Waals surface area contributed by atoms with Gasteiger partial charge in [0.05, 0.1) is 16.9 Å². The van der Waals surface area contributed by atoms with Crippen LogP contribution in [0.5, 0.6) is 0 Å². The Labute approximate surface area is 151 Å². The van der Waals surface area contributed by atoms with E-state index < -0.39 is 5.91 Å². The second-order valence-electron chi connectivity index (χ2n) is 5.95. The average molecular weight is 349 g/mol. The second-order valence-corrected chi connectivity index (χ2v) is 5.95. The van der Waals surface area contributed by atoms with Crippen LogP contribution in [0.4, 0.5) is 5.69 Å². The number of carbonyl (C=O) groups is 2. The van der Waals surface area contributed by atoms with Crippen molar-refractivity contribution in [2.45, 2.75) is 25.8 Å². The molecule has 0 saturated heterocycles. The summed E-state index contributed by atoms with van der Waals surface area (Å²) in [5.41, 5.74) is 1.85. The summed E-state index contributed by atoms with van der Waals surface area (Å²) >= 11 is 0. The summed E-state index contributed by atoms with van der Waals surface area (Å²) in [5, 5.41) is 14.6. The smallest absolute Gasteiger partial charge is 0.291 e. The van der Waals surface area contributed by atoms with Crippen LogP contribution < -0.4 is 10.6 Å². The molecular formula is C19H19N5O2. The van der Waals surface area contributed by atoms with E-state index in [4.69, 9.17) is 0 Å². The Morgan fingerprint density at radius 1 is 1.31 bits per heavy atom. The highest BCUT2D eigenvalue weighted by Gasteiger charge is 2.27. The van der Waals surface area contributed by atoms with Crippen molar-refractivity contribution in [2.24, 2.45) is 0 Å². The van der Waals surface area contributed by atoms with E-state index in [0.29, 0.717) is 30.8 Å². The van der Waals surface area contributed by atoms with Gasteiger partial charge in [0.25, 0.3) is 11.8 Å². The van der Waals surface area contributed by atoms with Gasteiger partial charge in [-0.1, -0.05) is 18.2 Å². The van der Waals surface area contributed by atoms with Gasteiger partial charge in [0.1, 0.15) is 11.8 Å². The Balaban J connectivity index is 1.93. The minimum Gasteiger partial charge on any atom is -0.347 e. The first-order valence-corrected chi connectivity index (χ1v) is 8.44. The van der Waals surface area contributed by atoms with E-state index in [2.05, 4.69) is 22.2 Å². The van der Waals surface area contributed by atoms with E-state index in [9.17, 15) is 14.9 Å². The molecule has 0 fully saturated rings. The van der Waals surface area contributed by atoms with Crippen LogP contribution in [0.1, 0.15) is 45.2 Å². The molecule has 1 aliphatic rings. The molecule has 0 atom stereocenters. The van der Waals surface area contributed by atoms with Gasteiger partial charge in [0.2, 0.25) is 0 Å². The van der Waals surface area contributed by atoms with Gasteiger partial charge in [0, 0.05) is 13.1 Å². The molecular weight excluding hydrogens is 330 g/mol. The highest BCUT2D eigenvalue weighted by Crippen LogP contribution is 2.22. The zero-order chi connectivity index (χ0) is 18.5. The molecule has 26 heavy (non-hydrogen) atoms. The average Bonchev–Trinajstić information content (AvgIpc) is 3.06. The molecule has 7 nitrogen and oxygen atoms in total. The van der Waals surface area contributed by atoms with Crippen molar-refractivity contribution in [3.05, 3.63) is 59.7 Å². The standard InChI is InChI=1S/C19H19N5O2/c1-2-10-21-18(25)16-15-9-5-6-11-24(15)17(23-16)19(26)22-14-8-4-3-7-13(14)12-20/h2-4,7-8H,1,5-6,9-11H2,(H,21,25)(H,22,26). The van der Waals surface area contributed by atoms with Crippen LogP contribution in [0, 0.1) is 11.3 Å². The number of carbonyl (C=O) groups excluding carboxylic acids is 2. The maximum absolute atomic E-state index is 12.8. The molecule has 2 amide bonds. The summed E-state index contributed by atoms with van der Waals surface area (Å²) in [5.74, 6) is -0.554. The number of nitriles is 1. The molecule has 2 aromatic rings. The summed E-state index contributed by atoms with van der Waals surface area (Å²) in [6, 6.07) is 8.81. The van der Waals surface area contributed by atoms with Crippen LogP contribution in [0.15, 0.2) is 36.9 Å². The fraction of sp³-hybridized carbons (Fsp3) is 0.263. The fourth-order valence-corrected chi connectivity index (χ4v) is 3.01. The quantitative estimate of drug-likeness (QED) is 0.809. The summed E-state index contributed by atoms with van der Waals surface area (Å²) in [4.78, 5) is 29.4. The molecule has 1 aromatic heterocycles. The normalized spacial score (nSPS) is 12.6. The number of nitrogens with one attached hydrogen (secondary N) is 2. The number of anilines is 1. The molecule has 0 radical (unpaired) electrons. The second kappa shape index (κ2) is 7.66. The molecule has 3 rings (SSSR count). The zero-order valence-corrected chi connectivity index (χ0v) is 14.3. The number of imidazole rings is 1. The molecule has 0 aliphatic carbocycles. The number of nitrogens with zero attached hydrogens (tertiary/aromatic N) is 3. The highest BCUT2D eigenvalue weighted by atomic mass is 16.2. The van der Waals surface area contributed by atoms with E-state index in [1.165, 1.54) is 0 Å². The van der Waals surface area contributed by atoms with Crippen LogP contribution in [0.25, 0.3) is 0 Å². The predicted molar refractivity (Wildman–Crippen MR) is 96.8 cm³/mol. The number of amides is 2.